The second kappa shape index (κ2) is 14.7. The fraction of sp³-hybridized carbons (Fsp3) is 0.825. The highest BCUT2D eigenvalue weighted by atomic mass is 16.5. The molecule has 14 atom stereocenters. The third kappa shape index (κ3) is 6.27. The summed E-state index contributed by atoms with van der Waals surface area (Å²) in [7, 11) is 0. The van der Waals surface area contributed by atoms with Crippen molar-refractivity contribution in [3.63, 3.8) is 0 Å². The summed E-state index contributed by atoms with van der Waals surface area (Å²) in [4.78, 5) is 14.2. The van der Waals surface area contributed by atoms with E-state index in [1.165, 1.54) is 19.3 Å². The first-order valence-corrected chi connectivity index (χ1v) is 19.6. The van der Waals surface area contributed by atoms with Gasteiger partial charge >= 0.3 is 0 Å². The standard InChI is InChI=1S/C40H64N2O8/c1-4-5-6-7-8-26-23-50-35(24(26)2)36(47)37(3,48)33-13-16-40(49)28-19-30(44)29-20-31(45)32(46)21-38(29,14-11-25-9-10-34(41)42-22-25)27(28)12-15-39(33,40)17-18-43/h9-10,19,22,24,26-27,29,31-36,42-43,45-49H,4-8,11-18,20-21,23,41H2,1-3H3. The molecule has 6 rings (SSSR count). The number of allylic oxidation sites excluding steroid dienone is 3. The van der Waals surface area contributed by atoms with Gasteiger partial charge in [0.05, 0.1) is 42.3 Å². The summed E-state index contributed by atoms with van der Waals surface area (Å²) in [6, 6.07) is 0. The molecule has 0 radical (unpaired) electrons. The molecule has 4 fully saturated rings. The van der Waals surface area contributed by atoms with E-state index < -0.39 is 58.3 Å². The number of aliphatic hydroxyl groups excluding tert-OH is 4. The summed E-state index contributed by atoms with van der Waals surface area (Å²) in [6.07, 6.45) is 12.7. The molecule has 0 bridgehead atoms. The van der Waals surface area contributed by atoms with Gasteiger partial charge in [-0.15, -0.1) is 0 Å². The van der Waals surface area contributed by atoms with Gasteiger partial charge in [0.1, 0.15) is 6.10 Å². The van der Waals surface area contributed by atoms with Crippen LogP contribution in [0.5, 0.6) is 0 Å². The molecule has 0 spiro atoms. The van der Waals surface area contributed by atoms with Crippen molar-refractivity contribution >= 4 is 5.78 Å². The molecule has 10 heteroatoms. The molecule has 0 aromatic heterocycles. The molecule has 3 saturated carbocycles. The zero-order chi connectivity index (χ0) is 36.1. The molecule has 282 valence electrons. The van der Waals surface area contributed by atoms with Crippen LogP contribution in [0.3, 0.4) is 0 Å². The van der Waals surface area contributed by atoms with Gasteiger partial charge < -0.3 is 46.4 Å². The normalized spacial score (nSPS) is 44.4. The Hall–Kier alpha value is -1.63. The Morgan fingerprint density at radius 1 is 1.12 bits per heavy atom. The Balaban J connectivity index is 1.30. The molecule has 2 heterocycles. The molecule has 4 aliphatic carbocycles. The van der Waals surface area contributed by atoms with Gasteiger partial charge in [-0.2, -0.15) is 0 Å². The Kier molecular flexibility index (Phi) is 11.2. The van der Waals surface area contributed by atoms with E-state index in [2.05, 4.69) is 19.2 Å². The number of hydrogen-bond acceptors (Lipinski definition) is 10. The molecule has 0 aromatic rings. The monoisotopic (exact) mass is 700 g/mol. The average molecular weight is 701 g/mol. The third-order valence-electron chi connectivity index (χ3n) is 14.8. The number of unbranched alkanes of at least 4 members (excludes halogenated alkanes) is 3. The summed E-state index contributed by atoms with van der Waals surface area (Å²) >= 11 is 0. The van der Waals surface area contributed by atoms with Crippen LogP contribution in [0.4, 0.5) is 0 Å². The first-order chi connectivity index (χ1) is 23.8. The Morgan fingerprint density at radius 3 is 2.60 bits per heavy atom. The Morgan fingerprint density at radius 2 is 1.90 bits per heavy atom. The number of rotatable bonds is 13. The number of fused-ring (bicyclic) bond motifs is 5. The van der Waals surface area contributed by atoms with Gasteiger partial charge in [-0.05, 0) is 124 Å². The molecule has 0 amide bonds. The van der Waals surface area contributed by atoms with Crippen LogP contribution in [-0.4, -0.2) is 91.4 Å². The van der Waals surface area contributed by atoms with Crippen molar-refractivity contribution in [2.45, 2.75) is 152 Å². The van der Waals surface area contributed by atoms with Crippen molar-refractivity contribution in [3.05, 3.63) is 35.6 Å². The molecule has 0 aromatic carbocycles. The summed E-state index contributed by atoms with van der Waals surface area (Å²) in [5.74, 6) is -1.05. The molecule has 2 aliphatic heterocycles. The molecule has 1 saturated heterocycles. The summed E-state index contributed by atoms with van der Waals surface area (Å²) in [5, 5.41) is 73.1. The summed E-state index contributed by atoms with van der Waals surface area (Å²) < 4.78 is 6.23. The lowest BCUT2D eigenvalue weighted by atomic mass is 9.43. The zero-order valence-corrected chi connectivity index (χ0v) is 30.5. The predicted molar refractivity (Wildman–Crippen MR) is 190 cm³/mol. The number of nitrogens with one attached hydrogen (secondary N) is 1. The van der Waals surface area contributed by atoms with Crippen molar-refractivity contribution < 1.29 is 40.2 Å². The summed E-state index contributed by atoms with van der Waals surface area (Å²) in [5.41, 5.74) is 2.86. The summed E-state index contributed by atoms with van der Waals surface area (Å²) in [6.45, 7) is 6.32. The lowest BCUT2D eigenvalue weighted by molar-refractivity contribution is -0.203. The minimum Gasteiger partial charge on any atom is -0.396 e. The minimum absolute atomic E-state index is 0.0616. The van der Waals surface area contributed by atoms with Crippen molar-refractivity contribution in [1.82, 2.24) is 5.32 Å². The Labute approximate surface area is 298 Å². The van der Waals surface area contributed by atoms with Crippen LogP contribution >= 0.6 is 0 Å². The van der Waals surface area contributed by atoms with Crippen molar-refractivity contribution in [2.75, 3.05) is 13.2 Å². The van der Waals surface area contributed by atoms with Gasteiger partial charge in [0, 0.05) is 24.1 Å². The number of dihydropyridines is 1. The first kappa shape index (κ1) is 38.1. The maximum absolute atomic E-state index is 14.2. The van der Waals surface area contributed by atoms with E-state index in [-0.39, 0.29) is 49.7 Å². The highest BCUT2D eigenvalue weighted by Gasteiger charge is 2.71. The van der Waals surface area contributed by atoms with Crippen molar-refractivity contribution in [3.8, 4) is 0 Å². The third-order valence-corrected chi connectivity index (χ3v) is 14.8. The molecule has 14 unspecified atom stereocenters. The van der Waals surface area contributed by atoms with Gasteiger partial charge in [0.15, 0.2) is 5.78 Å². The number of carbonyl (C=O) groups excluding carboxylic acids is 1. The van der Waals surface area contributed by atoms with Gasteiger partial charge in [-0.1, -0.05) is 45.6 Å². The van der Waals surface area contributed by atoms with E-state index in [4.69, 9.17) is 10.5 Å². The fourth-order valence-corrected chi connectivity index (χ4v) is 12.0. The van der Waals surface area contributed by atoms with Crippen LogP contribution in [0.1, 0.15) is 111 Å². The van der Waals surface area contributed by atoms with Crippen LogP contribution in [0, 0.1) is 40.4 Å². The smallest absolute Gasteiger partial charge is 0.159 e. The van der Waals surface area contributed by atoms with Crippen molar-refractivity contribution in [2.24, 2.45) is 46.2 Å². The fourth-order valence-electron chi connectivity index (χ4n) is 12.0. The number of hydrogen-bond donors (Lipinski definition) is 8. The van der Waals surface area contributed by atoms with E-state index in [9.17, 15) is 35.4 Å². The van der Waals surface area contributed by atoms with Crippen LogP contribution < -0.4 is 11.1 Å². The number of ketones is 1. The van der Waals surface area contributed by atoms with Crippen LogP contribution in [0.15, 0.2) is 35.6 Å². The second-order valence-electron chi connectivity index (χ2n) is 17.2. The molecule has 6 aliphatic rings. The molecule has 10 nitrogen and oxygen atoms in total. The average Bonchev–Trinajstić information content (AvgIpc) is 3.60. The number of nitrogens with two attached hydrogens (primary N) is 1. The van der Waals surface area contributed by atoms with E-state index in [0.29, 0.717) is 56.6 Å². The zero-order valence-electron chi connectivity index (χ0n) is 30.5. The van der Waals surface area contributed by atoms with E-state index in [1.807, 2.05) is 18.4 Å². The highest BCUT2D eigenvalue weighted by Crippen LogP contribution is 2.70. The molecular weight excluding hydrogens is 636 g/mol. The largest absolute Gasteiger partial charge is 0.396 e. The second-order valence-corrected chi connectivity index (χ2v) is 17.2. The number of aliphatic hydroxyl groups is 6. The highest BCUT2D eigenvalue weighted by molar-refractivity contribution is 5.95. The van der Waals surface area contributed by atoms with E-state index >= 15 is 0 Å². The SMILES string of the molecule is CCCCCCC1COC(C(O)C(C)(O)C2CCC3(O)C4=CC(=O)C5CC(O)C(O)CC5(CCC5=CNC(N)C=C5)C4CCC23CCO)C1C. The van der Waals surface area contributed by atoms with Crippen LogP contribution in [0.25, 0.3) is 0 Å². The number of carbonyl (C=O) groups is 1. The van der Waals surface area contributed by atoms with Gasteiger partial charge in [0.2, 0.25) is 0 Å². The van der Waals surface area contributed by atoms with Crippen LogP contribution in [-0.2, 0) is 9.53 Å². The molecule has 9 N–H and O–H groups in total. The van der Waals surface area contributed by atoms with Gasteiger partial charge in [0.25, 0.3) is 0 Å². The topological polar surface area (TPSA) is 186 Å². The first-order valence-electron chi connectivity index (χ1n) is 19.6. The lowest BCUT2D eigenvalue weighted by Crippen LogP contribution is -2.65. The van der Waals surface area contributed by atoms with Gasteiger partial charge in [-0.25, -0.2) is 0 Å². The van der Waals surface area contributed by atoms with Crippen molar-refractivity contribution in [1.29, 1.82) is 0 Å². The maximum Gasteiger partial charge on any atom is 0.159 e. The molecule has 50 heavy (non-hydrogen) atoms. The maximum atomic E-state index is 14.2. The quantitative estimate of drug-likeness (QED) is 0.133. The predicted octanol–water partition coefficient (Wildman–Crippen LogP) is 3.38. The minimum atomic E-state index is -1.62. The molecular formula is C40H64N2O8. The number of ether oxygens (including phenoxy) is 1. The van der Waals surface area contributed by atoms with Crippen LogP contribution in [0.2, 0.25) is 0 Å². The lowest BCUT2D eigenvalue weighted by Gasteiger charge is -2.62. The Bertz CT molecular complexity index is 1330. The van der Waals surface area contributed by atoms with E-state index in [1.54, 1.807) is 13.0 Å². The van der Waals surface area contributed by atoms with Gasteiger partial charge in [-0.3, -0.25) is 4.79 Å². The van der Waals surface area contributed by atoms with E-state index in [0.717, 1.165) is 18.4 Å².